The number of Topliss-reactive ketones (excluding diaryl/α,β-unsaturated/α-hetero) is 1. The van der Waals surface area contributed by atoms with E-state index in [1.807, 2.05) is 0 Å². The number of nitro benzene ring substituents is 1. The molecule has 152 valence electrons. The number of esters is 1. The minimum Gasteiger partial charge on any atom is -0.452 e. The highest BCUT2D eigenvalue weighted by Gasteiger charge is 2.42. The molecular formula is C20H21N3O6. The molecule has 2 aromatic rings. The summed E-state index contributed by atoms with van der Waals surface area (Å²) in [5, 5.41) is 18.6. The van der Waals surface area contributed by atoms with Crippen molar-refractivity contribution < 1.29 is 23.7 Å². The van der Waals surface area contributed by atoms with Crippen LogP contribution in [0.25, 0.3) is 11.5 Å². The molecule has 0 N–H and O–H groups in total. The molecule has 2 saturated carbocycles. The lowest BCUT2D eigenvalue weighted by Gasteiger charge is -2.36. The molecule has 1 aromatic heterocycles. The van der Waals surface area contributed by atoms with Gasteiger partial charge in [-0.25, -0.2) is 0 Å². The molecular weight excluding hydrogens is 378 g/mol. The second-order valence-electron chi connectivity index (χ2n) is 7.72. The molecule has 1 heterocycles. The molecule has 4 rings (SSSR count). The van der Waals surface area contributed by atoms with Crippen LogP contribution in [0, 0.1) is 27.9 Å². The van der Waals surface area contributed by atoms with Crippen LogP contribution < -0.4 is 0 Å². The van der Waals surface area contributed by atoms with Crippen molar-refractivity contribution >= 4 is 17.4 Å². The number of non-ortho nitro benzene ring substituents is 1. The number of nitrogens with zero attached hydrogens (tertiary/aromatic N) is 3. The Balaban J connectivity index is 1.40. The minimum absolute atomic E-state index is 0.0208. The molecule has 2 aliphatic carbocycles. The van der Waals surface area contributed by atoms with Crippen LogP contribution >= 0.6 is 0 Å². The van der Waals surface area contributed by atoms with E-state index < -0.39 is 11.0 Å². The van der Waals surface area contributed by atoms with E-state index in [2.05, 4.69) is 10.2 Å². The molecule has 4 atom stereocenters. The molecule has 9 heteroatoms. The van der Waals surface area contributed by atoms with Crippen LogP contribution in [0.5, 0.6) is 0 Å². The Hall–Kier alpha value is -3.10. The molecule has 0 spiro atoms. The summed E-state index contributed by atoms with van der Waals surface area (Å²) in [5.41, 5.74) is 0.498. The van der Waals surface area contributed by atoms with Gasteiger partial charge in [-0.2, -0.15) is 0 Å². The van der Waals surface area contributed by atoms with Crippen molar-refractivity contribution in [2.75, 3.05) is 0 Å². The van der Waals surface area contributed by atoms with E-state index in [0.29, 0.717) is 24.2 Å². The SMILES string of the molecule is C[C@@H](OC(=O)C1C[C@H]2CCC[C@@H](C1)C2=O)c1nnc(-c2ccc([N+](=O)[O-])cc2)o1. The first-order valence-corrected chi connectivity index (χ1v) is 9.75. The molecule has 0 aliphatic heterocycles. The molecule has 29 heavy (non-hydrogen) atoms. The molecule has 9 nitrogen and oxygen atoms in total. The second kappa shape index (κ2) is 7.73. The van der Waals surface area contributed by atoms with Crippen LogP contribution in [0.2, 0.25) is 0 Å². The number of carbonyl (C=O) groups excluding carboxylic acids is 2. The number of hydrogen-bond acceptors (Lipinski definition) is 8. The number of nitro groups is 1. The van der Waals surface area contributed by atoms with E-state index in [4.69, 9.17) is 9.15 Å². The predicted octanol–water partition coefficient (Wildman–Crippen LogP) is 3.64. The highest BCUT2D eigenvalue weighted by molar-refractivity contribution is 5.87. The number of ether oxygens (including phenoxy) is 1. The standard InChI is InChI=1S/C20H21N3O6/c1-11(28-20(25)15-9-13-3-2-4-14(10-15)17(13)24)18-21-22-19(29-18)12-5-7-16(8-6-12)23(26)27/h5-8,11,13-15H,2-4,9-10H2,1H3/t11-,13-,14+,15?/m1/s1. The maximum atomic E-state index is 12.6. The van der Waals surface area contributed by atoms with Crippen molar-refractivity contribution in [2.45, 2.75) is 45.1 Å². The van der Waals surface area contributed by atoms with Gasteiger partial charge in [-0.1, -0.05) is 6.42 Å². The first-order chi connectivity index (χ1) is 13.9. The third-order valence-electron chi connectivity index (χ3n) is 5.79. The number of hydrogen-bond donors (Lipinski definition) is 0. The van der Waals surface area contributed by atoms with Gasteiger partial charge in [-0.05, 0) is 44.7 Å². The highest BCUT2D eigenvalue weighted by Crippen LogP contribution is 2.41. The Bertz CT molecular complexity index is 922. The largest absolute Gasteiger partial charge is 0.452 e. The van der Waals surface area contributed by atoms with E-state index in [-0.39, 0.29) is 41.2 Å². The van der Waals surface area contributed by atoms with Gasteiger partial charge in [-0.3, -0.25) is 19.7 Å². The number of rotatable bonds is 5. The maximum absolute atomic E-state index is 12.6. The van der Waals surface area contributed by atoms with Crippen molar-refractivity contribution in [1.29, 1.82) is 0 Å². The van der Waals surface area contributed by atoms with Crippen molar-refractivity contribution in [1.82, 2.24) is 10.2 Å². The van der Waals surface area contributed by atoms with Crippen LogP contribution in [-0.2, 0) is 14.3 Å². The van der Waals surface area contributed by atoms with Gasteiger partial charge in [0.15, 0.2) is 6.10 Å². The van der Waals surface area contributed by atoms with Crippen LogP contribution in [0.1, 0.15) is 51.0 Å². The van der Waals surface area contributed by atoms with Crippen LogP contribution in [0.15, 0.2) is 28.7 Å². The van der Waals surface area contributed by atoms with E-state index >= 15 is 0 Å². The van der Waals surface area contributed by atoms with Crippen molar-refractivity contribution in [2.24, 2.45) is 17.8 Å². The molecule has 2 fully saturated rings. The summed E-state index contributed by atoms with van der Waals surface area (Å²) in [7, 11) is 0. The molecule has 2 bridgehead atoms. The van der Waals surface area contributed by atoms with E-state index in [9.17, 15) is 19.7 Å². The average Bonchev–Trinajstić information content (AvgIpc) is 3.18. The van der Waals surface area contributed by atoms with Crippen LogP contribution in [0.3, 0.4) is 0 Å². The molecule has 2 aliphatic rings. The molecule has 1 unspecified atom stereocenters. The lowest BCUT2D eigenvalue weighted by Crippen LogP contribution is -2.39. The fourth-order valence-electron chi connectivity index (χ4n) is 4.23. The summed E-state index contributed by atoms with van der Waals surface area (Å²) in [6.07, 6.45) is 3.15. The Morgan fingerprint density at radius 2 is 1.86 bits per heavy atom. The Morgan fingerprint density at radius 1 is 1.21 bits per heavy atom. The number of ketones is 1. The van der Waals surface area contributed by atoms with Gasteiger partial charge >= 0.3 is 5.97 Å². The maximum Gasteiger partial charge on any atom is 0.309 e. The summed E-state index contributed by atoms with van der Waals surface area (Å²) in [5.74, 6) is -0.00753. The zero-order valence-corrected chi connectivity index (χ0v) is 15.9. The first-order valence-electron chi connectivity index (χ1n) is 9.75. The summed E-state index contributed by atoms with van der Waals surface area (Å²) in [6, 6.07) is 5.74. The number of benzene rings is 1. The summed E-state index contributed by atoms with van der Waals surface area (Å²) < 4.78 is 11.1. The molecule has 0 amide bonds. The van der Waals surface area contributed by atoms with Gasteiger partial charge in [-0.15, -0.1) is 10.2 Å². The van der Waals surface area contributed by atoms with Crippen LogP contribution in [-0.4, -0.2) is 26.9 Å². The van der Waals surface area contributed by atoms with Gasteiger partial charge in [0.2, 0.25) is 5.89 Å². The quantitative estimate of drug-likeness (QED) is 0.424. The van der Waals surface area contributed by atoms with Gasteiger partial charge in [0.25, 0.3) is 11.6 Å². The molecule has 0 radical (unpaired) electrons. The van der Waals surface area contributed by atoms with E-state index in [1.54, 1.807) is 6.92 Å². The fourth-order valence-corrected chi connectivity index (χ4v) is 4.23. The fraction of sp³-hybridized carbons (Fsp3) is 0.500. The van der Waals surface area contributed by atoms with Gasteiger partial charge in [0, 0.05) is 29.5 Å². The third-order valence-corrected chi connectivity index (χ3v) is 5.79. The number of aromatic nitrogens is 2. The molecule has 1 aromatic carbocycles. The summed E-state index contributed by atoms with van der Waals surface area (Å²) in [4.78, 5) is 35.1. The van der Waals surface area contributed by atoms with Gasteiger partial charge < -0.3 is 9.15 Å². The Labute approximate surface area is 166 Å². The molecule has 0 saturated heterocycles. The van der Waals surface area contributed by atoms with Crippen molar-refractivity contribution in [3.05, 3.63) is 40.3 Å². The zero-order chi connectivity index (χ0) is 20.5. The average molecular weight is 399 g/mol. The van der Waals surface area contributed by atoms with Crippen LogP contribution in [0.4, 0.5) is 5.69 Å². The minimum atomic E-state index is -0.723. The number of fused-ring (bicyclic) bond motifs is 2. The number of carbonyl (C=O) groups is 2. The monoisotopic (exact) mass is 399 g/mol. The highest BCUT2D eigenvalue weighted by atomic mass is 16.6. The normalized spacial score (nSPS) is 24.7. The Morgan fingerprint density at radius 3 is 2.48 bits per heavy atom. The summed E-state index contributed by atoms with van der Waals surface area (Å²) in [6.45, 7) is 1.65. The van der Waals surface area contributed by atoms with Gasteiger partial charge in [0.05, 0.1) is 10.8 Å². The van der Waals surface area contributed by atoms with E-state index in [0.717, 1.165) is 19.3 Å². The lowest BCUT2D eigenvalue weighted by atomic mass is 9.67. The van der Waals surface area contributed by atoms with Gasteiger partial charge in [0.1, 0.15) is 5.78 Å². The smallest absolute Gasteiger partial charge is 0.309 e. The van der Waals surface area contributed by atoms with E-state index in [1.165, 1.54) is 24.3 Å². The first kappa shape index (κ1) is 19.2. The zero-order valence-electron chi connectivity index (χ0n) is 15.9. The van der Waals surface area contributed by atoms with Crippen molar-refractivity contribution in [3.63, 3.8) is 0 Å². The lowest BCUT2D eigenvalue weighted by molar-refractivity contribution is -0.384. The Kier molecular flexibility index (Phi) is 5.12. The third kappa shape index (κ3) is 3.90. The second-order valence-corrected chi connectivity index (χ2v) is 7.72. The topological polar surface area (TPSA) is 125 Å². The summed E-state index contributed by atoms with van der Waals surface area (Å²) >= 11 is 0. The van der Waals surface area contributed by atoms with Crippen molar-refractivity contribution in [3.8, 4) is 11.5 Å². The predicted molar refractivity (Wildman–Crippen MR) is 99.5 cm³/mol.